The number of rotatable bonds is 7. The number of aliphatic hydroxyl groups excluding tert-OH is 1. The van der Waals surface area contributed by atoms with Crippen LogP contribution < -0.4 is 10.1 Å². The molecule has 2 rings (SSSR count). The molecule has 0 saturated heterocycles. The van der Waals surface area contributed by atoms with Crippen molar-refractivity contribution in [3.63, 3.8) is 0 Å². The number of carbonyl (C=O) groups excluding carboxylic acids is 1. The Morgan fingerprint density at radius 3 is 2.81 bits per heavy atom. The maximum Gasteiger partial charge on any atom is 0.220 e. The van der Waals surface area contributed by atoms with E-state index in [9.17, 15) is 4.79 Å². The second kappa shape index (κ2) is 7.64. The van der Waals surface area contributed by atoms with Gasteiger partial charge in [0.2, 0.25) is 5.91 Å². The van der Waals surface area contributed by atoms with Crippen molar-refractivity contribution in [3.05, 3.63) is 42.5 Å². The van der Waals surface area contributed by atoms with Crippen molar-refractivity contribution >= 4 is 16.7 Å². The lowest BCUT2D eigenvalue weighted by molar-refractivity contribution is -0.122. The highest BCUT2D eigenvalue weighted by atomic mass is 16.5. The minimum absolute atomic E-state index is 0.0434. The predicted molar refractivity (Wildman–Crippen MR) is 83.4 cm³/mol. The van der Waals surface area contributed by atoms with Crippen LogP contribution >= 0.6 is 0 Å². The maximum absolute atomic E-state index is 11.6. The summed E-state index contributed by atoms with van der Waals surface area (Å²) in [4.78, 5) is 11.6. The number of carbonyl (C=O) groups is 1. The van der Waals surface area contributed by atoms with Crippen LogP contribution in [0.2, 0.25) is 0 Å². The molecular weight excluding hydrogens is 266 g/mol. The molecule has 0 saturated carbocycles. The minimum atomic E-state index is -0.198. The van der Waals surface area contributed by atoms with Crippen LogP contribution in [0, 0.1) is 0 Å². The molecule has 0 spiro atoms. The third-order valence-corrected chi connectivity index (χ3v) is 3.24. The fourth-order valence-electron chi connectivity index (χ4n) is 2.13. The lowest BCUT2D eigenvalue weighted by atomic mass is 10.1. The minimum Gasteiger partial charge on any atom is -0.493 e. The zero-order valence-corrected chi connectivity index (χ0v) is 12.2. The van der Waals surface area contributed by atoms with Gasteiger partial charge in [0, 0.05) is 17.8 Å². The first-order valence-corrected chi connectivity index (χ1v) is 7.21. The Kier molecular flexibility index (Phi) is 5.58. The molecule has 0 radical (unpaired) electrons. The van der Waals surface area contributed by atoms with E-state index in [0.29, 0.717) is 19.4 Å². The van der Waals surface area contributed by atoms with E-state index in [-0.39, 0.29) is 18.6 Å². The number of hydrogen-bond acceptors (Lipinski definition) is 3. The average Bonchev–Trinajstić information content (AvgIpc) is 2.51. The summed E-state index contributed by atoms with van der Waals surface area (Å²) in [6, 6.07) is 13.8. The summed E-state index contributed by atoms with van der Waals surface area (Å²) in [5.41, 5.74) is 0. The molecule has 2 N–H and O–H groups in total. The number of amides is 1. The van der Waals surface area contributed by atoms with E-state index in [1.165, 1.54) is 0 Å². The van der Waals surface area contributed by atoms with Crippen molar-refractivity contribution in [2.75, 3.05) is 13.2 Å². The lowest BCUT2D eigenvalue weighted by Gasteiger charge is -2.11. The van der Waals surface area contributed by atoms with Gasteiger partial charge in [-0.3, -0.25) is 4.79 Å². The number of ether oxygens (including phenoxy) is 1. The summed E-state index contributed by atoms with van der Waals surface area (Å²) >= 11 is 0. The fourth-order valence-corrected chi connectivity index (χ4v) is 2.13. The molecule has 1 amide bonds. The molecule has 0 fully saturated rings. The molecule has 0 aromatic heterocycles. The average molecular weight is 287 g/mol. The van der Waals surface area contributed by atoms with Crippen LogP contribution in [0.3, 0.4) is 0 Å². The van der Waals surface area contributed by atoms with E-state index in [2.05, 4.69) is 5.32 Å². The highest BCUT2D eigenvalue weighted by Crippen LogP contribution is 2.25. The summed E-state index contributed by atoms with van der Waals surface area (Å²) in [6.07, 6.45) is 1.04. The molecule has 4 nitrogen and oxygen atoms in total. The Bertz CT molecular complexity index is 592. The summed E-state index contributed by atoms with van der Waals surface area (Å²) in [5, 5.41) is 13.8. The van der Waals surface area contributed by atoms with Crippen LogP contribution in [0.1, 0.15) is 19.8 Å². The van der Waals surface area contributed by atoms with Gasteiger partial charge in [-0.05, 0) is 24.8 Å². The Morgan fingerprint density at radius 2 is 2.00 bits per heavy atom. The molecular formula is C17H21NO3. The zero-order valence-electron chi connectivity index (χ0n) is 12.2. The monoisotopic (exact) mass is 287 g/mol. The second-order valence-corrected chi connectivity index (χ2v) is 5.08. The molecule has 0 aliphatic carbocycles. The van der Waals surface area contributed by atoms with Gasteiger partial charge in [0.15, 0.2) is 0 Å². The zero-order chi connectivity index (χ0) is 15.1. The van der Waals surface area contributed by atoms with Crippen LogP contribution in [0.4, 0.5) is 0 Å². The molecule has 0 aliphatic rings. The first kappa shape index (κ1) is 15.3. The maximum atomic E-state index is 11.6. The number of aliphatic hydroxyl groups is 1. The van der Waals surface area contributed by atoms with E-state index in [1.807, 2.05) is 42.5 Å². The highest BCUT2D eigenvalue weighted by Gasteiger charge is 2.06. The molecule has 0 aliphatic heterocycles. The van der Waals surface area contributed by atoms with Crippen molar-refractivity contribution in [1.29, 1.82) is 0 Å². The molecule has 4 heteroatoms. The largest absolute Gasteiger partial charge is 0.493 e. The molecule has 2 aromatic carbocycles. The molecule has 1 atom stereocenters. The van der Waals surface area contributed by atoms with Gasteiger partial charge in [-0.2, -0.15) is 0 Å². The Labute approximate surface area is 124 Å². The smallest absolute Gasteiger partial charge is 0.220 e. The third kappa shape index (κ3) is 4.46. The van der Waals surface area contributed by atoms with Gasteiger partial charge in [-0.25, -0.2) is 0 Å². The fraction of sp³-hybridized carbons (Fsp3) is 0.353. The summed E-state index contributed by atoms with van der Waals surface area (Å²) in [6.45, 7) is 2.22. The lowest BCUT2D eigenvalue weighted by Crippen LogP contribution is -2.34. The van der Waals surface area contributed by atoms with Crippen LogP contribution in [0.5, 0.6) is 5.75 Å². The molecule has 1 unspecified atom stereocenters. The van der Waals surface area contributed by atoms with Crippen LogP contribution in [-0.2, 0) is 4.79 Å². The van der Waals surface area contributed by atoms with Crippen molar-refractivity contribution < 1.29 is 14.6 Å². The van der Waals surface area contributed by atoms with E-state index in [1.54, 1.807) is 6.92 Å². The number of fused-ring (bicyclic) bond motifs is 1. The number of hydrogen-bond donors (Lipinski definition) is 2. The van der Waals surface area contributed by atoms with Gasteiger partial charge < -0.3 is 15.2 Å². The first-order valence-electron chi connectivity index (χ1n) is 7.21. The highest BCUT2D eigenvalue weighted by molar-refractivity contribution is 5.88. The first-order chi connectivity index (χ1) is 10.2. The van der Waals surface area contributed by atoms with Gasteiger partial charge in [-0.1, -0.05) is 36.4 Å². The molecule has 0 heterocycles. The Morgan fingerprint density at radius 1 is 1.24 bits per heavy atom. The van der Waals surface area contributed by atoms with E-state index >= 15 is 0 Å². The van der Waals surface area contributed by atoms with Crippen LogP contribution in [-0.4, -0.2) is 30.3 Å². The second-order valence-electron chi connectivity index (χ2n) is 5.08. The number of nitrogens with one attached hydrogen (secondary N) is 1. The molecule has 21 heavy (non-hydrogen) atoms. The summed E-state index contributed by atoms with van der Waals surface area (Å²) in [5.74, 6) is 0.787. The Hall–Kier alpha value is -2.07. The normalized spacial score (nSPS) is 12.1. The van der Waals surface area contributed by atoms with Gasteiger partial charge in [0.1, 0.15) is 5.75 Å². The summed E-state index contributed by atoms with van der Waals surface area (Å²) in [7, 11) is 0. The Balaban J connectivity index is 1.82. The van der Waals surface area contributed by atoms with E-state index < -0.39 is 0 Å². The third-order valence-electron chi connectivity index (χ3n) is 3.24. The van der Waals surface area contributed by atoms with Crippen molar-refractivity contribution in [3.8, 4) is 5.75 Å². The van der Waals surface area contributed by atoms with Crippen LogP contribution in [0.15, 0.2) is 42.5 Å². The van der Waals surface area contributed by atoms with E-state index in [0.717, 1.165) is 16.5 Å². The molecule has 112 valence electrons. The van der Waals surface area contributed by atoms with Gasteiger partial charge in [0.05, 0.1) is 13.2 Å². The standard InChI is InChI=1S/C17H21NO3/c1-13(12-19)18-17(20)10-5-11-21-16-9-4-7-14-6-2-3-8-15(14)16/h2-4,6-9,13,19H,5,10-12H2,1H3,(H,18,20). The summed E-state index contributed by atoms with van der Waals surface area (Å²) < 4.78 is 5.77. The molecule has 0 bridgehead atoms. The molecule has 2 aromatic rings. The van der Waals surface area contributed by atoms with Crippen LogP contribution in [0.25, 0.3) is 10.8 Å². The topological polar surface area (TPSA) is 58.6 Å². The van der Waals surface area contributed by atoms with Crippen molar-refractivity contribution in [2.24, 2.45) is 0 Å². The van der Waals surface area contributed by atoms with Crippen molar-refractivity contribution in [2.45, 2.75) is 25.8 Å². The van der Waals surface area contributed by atoms with Gasteiger partial charge in [0.25, 0.3) is 0 Å². The van der Waals surface area contributed by atoms with Crippen molar-refractivity contribution in [1.82, 2.24) is 5.32 Å². The predicted octanol–water partition coefficient (Wildman–Crippen LogP) is 2.50. The number of benzene rings is 2. The quantitative estimate of drug-likeness (QED) is 0.769. The van der Waals surface area contributed by atoms with E-state index in [4.69, 9.17) is 9.84 Å². The SMILES string of the molecule is CC(CO)NC(=O)CCCOc1cccc2ccccc12. The van der Waals surface area contributed by atoms with Gasteiger partial charge in [-0.15, -0.1) is 0 Å². The van der Waals surface area contributed by atoms with Gasteiger partial charge >= 0.3 is 0 Å².